The van der Waals surface area contributed by atoms with Crippen LogP contribution in [0.2, 0.25) is 0 Å². The van der Waals surface area contributed by atoms with Gasteiger partial charge in [-0.1, -0.05) is 13.8 Å². The predicted octanol–water partition coefficient (Wildman–Crippen LogP) is 2.55. The number of hydrogen-bond donors (Lipinski definition) is 2. The van der Waals surface area contributed by atoms with E-state index >= 15 is 0 Å². The van der Waals surface area contributed by atoms with Crippen molar-refractivity contribution in [2.24, 2.45) is 22.6 Å². The first-order valence-electron chi connectivity index (χ1n) is 7.25. The molecule has 0 spiro atoms. The van der Waals surface area contributed by atoms with Crippen molar-refractivity contribution >= 4 is 29.9 Å². The number of pyridine rings is 1. The van der Waals surface area contributed by atoms with Crippen molar-refractivity contribution < 1.29 is 4.74 Å². The fraction of sp³-hybridized carbons (Fsp3) is 0.600. The first-order chi connectivity index (χ1) is 9.63. The van der Waals surface area contributed by atoms with E-state index in [1.165, 1.54) is 12.8 Å². The van der Waals surface area contributed by atoms with Crippen LogP contribution in [0.25, 0.3) is 0 Å². The van der Waals surface area contributed by atoms with Crippen LogP contribution < -0.4 is 15.8 Å². The smallest absolute Gasteiger partial charge is 0.213 e. The van der Waals surface area contributed by atoms with Gasteiger partial charge in [-0.25, -0.2) is 9.98 Å². The zero-order valence-electron chi connectivity index (χ0n) is 12.7. The van der Waals surface area contributed by atoms with E-state index in [0.29, 0.717) is 24.3 Å². The van der Waals surface area contributed by atoms with E-state index in [4.69, 9.17) is 10.5 Å². The van der Waals surface area contributed by atoms with E-state index in [-0.39, 0.29) is 24.0 Å². The molecular weight excluding hydrogens is 379 g/mol. The molecule has 1 aromatic rings. The molecule has 1 aliphatic rings. The van der Waals surface area contributed by atoms with Crippen LogP contribution in [-0.2, 0) is 6.54 Å². The first-order valence-corrected chi connectivity index (χ1v) is 7.25. The molecule has 2 rings (SSSR count). The molecule has 0 radical (unpaired) electrons. The second-order valence-electron chi connectivity index (χ2n) is 5.73. The quantitative estimate of drug-likeness (QED) is 0.416. The molecule has 6 heteroatoms. The minimum Gasteiger partial charge on any atom is -0.477 e. The largest absolute Gasteiger partial charge is 0.477 e. The number of ether oxygens (including phenoxy) is 1. The molecule has 0 atom stereocenters. The Bertz CT molecular complexity index is 461. The van der Waals surface area contributed by atoms with Gasteiger partial charge in [0.2, 0.25) is 5.88 Å². The third-order valence-corrected chi connectivity index (χ3v) is 3.09. The highest BCUT2D eigenvalue weighted by atomic mass is 127. The van der Waals surface area contributed by atoms with E-state index in [9.17, 15) is 0 Å². The van der Waals surface area contributed by atoms with Crippen molar-refractivity contribution in [1.29, 1.82) is 0 Å². The van der Waals surface area contributed by atoms with Crippen molar-refractivity contribution in [1.82, 2.24) is 10.3 Å². The number of guanidine groups is 1. The molecule has 0 aromatic carbocycles. The number of aliphatic imine (C=N–C) groups is 1. The molecule has 21 heavy (non-hydrogen) atoms. The van der Waals surface area contributed by atoms with E-state index < -0.39 is 0 Å². The maximum atomic E-state index is 5.81. The van der Waals surface area contributed by atoms with Crippen LogP contribution in [0.5, 0.6) is 5.88 Å². The Kier molecular flexibility index (Phi) is 7.77. The number of nitrogens with zero attached hydrogens (tertiary/aromatic N) is 2. The Morgan fingerprint density at radius 2 is 2.29 bits per heavy atom. The summed E-state index contributed by atoms with van der Waals surface area (Å²) < 4.78 is 5.65. The summed E-state index contributed by atoms with van der Waals surface area (Å²) in [5, 5.41) is 3.10. The topological polar surface area (TPSA) is 72.5 Å². The lowest BCUT2D eigenvalue weighted by atomic mass is 10.2. The van der Waals surface area contributed by atoms with Gasteiger partial charge in [-0.3, -0.25) is 0 Å². The van der Waals surface area contributed by atoms with E-state index in [1.54, 1.807) is 6.20 Å². The lowest BCUT2D eigenvalue weighted by Gasteiger charge is -2.08. The van der Waals surface area contributed by atoms with Crippen LogP contribution in [0.15, 0.2) is 23.3 Å². The van der Waals surface area contributed by atoms with Crippen LogP contribution in [0.1, 0.15) is 32.3 Å². The highest BCUT2D eigenvalue weighted by molar-refractivity contribution is 14.0. The van der Waals surface area contributed by atoms with Crippen LogP contribution in [0.3, 0.4) is 0 Å². The van der Waals surface area contributed by atoms with Crippen molar-refractivity contribution in [3.05, 3.63) is 23.9 Å². The van der Waals surface area contributed by atoms with Crippen LogP contribution in [0.4, 0.5) is 0 Å². The standard InChI is InChI=1S/C15H24N4O.HI/c1-11(2)8-18-15(16)19-9-13-5-6-17-14(7-13)20-10-12-3-4-12;/h5-7,11-12H,3-4,8-10H2,1-2H3,(H3,16,18,19);1H. The summed E-state index contributed by atoms with van der Waals surface area (Å²) in [6.07, 6.45) is 4.31. The Morgan fingerprint density at radius 3 is 2.95 bits per heavy atom. The number of halogens is 1. The van der Waals surface area contributed by atoms with Crippen LogP contribution in [-0.4, -0.2) is 24.1 Å². The molecule has 1 fully saturated rings. The molecule has 0 saturated heterocycles. The Balaban J connectivity index is 0.00000220. The fourth-order valence-electron chi connectivity index (χ4n) is 1.66. The zero-order chi connectivity index (χ0) is 14.4. The van der Waals surface area contributed by atoms with Gasteiger partial charge in [-0.05, 0) is 36.3 Å². The maximum absolute atomic E-state index is 5.81. The fourth-order valence-corrected chi connectivity index (χ4v) is 1.66. The lowest BCUT2D eigenvalue weighted by molar-refractivity contribution is 0.288. The predicted molar refractivity (Wildman–Crippen MR) is 96.0 cm³/mol. The summed E-state index contributed by atoms with van der Waals surface area (Å²) in [5.41, 5.74) is 6.86. The second kappa shape index (κ2) is 9.07. The average Bonchev–Trinajstić information content (AvgIpc) is 3.25. The van der Waals surface area contributed by atoms with Crippen molar-refractivity contribution in [2.45, 2.75) is 33.2 Å². The molecule has 0 unspecified atom stereocenters. The summed E-state index contributed by atoms with van der Waals surface area (Å²) in [5.74, 6) is 2.44. The molecular formula is C15H25IN4O. The average molecular weight is 404 g/mol. The molecule has 3 N–H and O–H groups in total. The third-order valence-electron chi connectivity index (χ3n) is 3.09. The molecule has 0 bridgehead atoms. The van der Waals surface area contributed by atoms with Crippen molar-refractivity contribution in [3.63, 3.8) is 0 Å². The number of rotatable bonds is 7. The monoisotopic (exact) mass is 404 g/mol. The van der Waals surface area contributed by atoms with Gasteiger partial charge < -0.3 is 15.8 Å². The molecule has 0 amide bonds. The van der Waals surface area contributed by atoms with Crippen molar-refractivity contribution in [3.8, 4) is 5.88 Å². The van der Waals surface area contributed by atoms with Crippen LogP contribution in [0, 0.1) is 11.8 Å². The van der Waals surface area contributed by atoms with E-state index in [2.05, 4.69) is 29.1 Å². The summed E-state index contributed by atoms with van der Waals surface area (Å²) >= 11 is 0. The number of hydrogen-bond acceptors (Lipinski definition) is 3. The normalized spacial score (nSPS) is 14.7. The molecule has 1 heterocycles. The molecule has 0 aliphatic heterocycles. The molecule has 1 aliphatic carbocycles. The van der Waals surface area contributed by atoms with Crippen molar-refractivity contribution in [2.75, 3.05) is 13.2 Å². The number of nitrogens with two attached hydrogens (primary N) is 1. The van der Waals surface area contributed by atoms with Gasteiger partial charge in [0.1, 0.15) is 0 Å². The lowest BCUT2D eigenvalue weighted by Crippen LogP contribution is -2.34. The Labute approximate surface area is 143 Å². The number of nitrogens with one attached hydrogen (secondary N) is 1. The third kappa shape index (κ3) is 7.50. The van der Waals surface area contributed by atoms with Gasteiger partial charge in [0, 0.05) is 18.8 Å². The molecule has 5 nitrogen and oxygen atoms in total. The van der Waals surface area contributed by atoms with Gasteiger partial charge in [0.25, 0.3) is 0 Å². The molecule has 1 saturated carbocycles. The van der Waals surface area contributed by atoms with E-state index in [1.807, 2.05) is 12.1 Å². The first kappa shape index (κ1) is 18.0. The maximum Gasteiger partial charge on any atom is 0.213 e. The Hall–Kier alpha value is -1.05. The zero-order valence-corrected chi connectivity index (χ0v) is 15.0. The second-order valence-corrected chi connectivity index (χ2v) is 5.73. The van der Waals surface area contributed by atoms with Gasteiger partial charge >= 0.3 is 0 Å². The van der Waals surface area contributed by atoms with Gasteiger partial charge in [0.15, 0.2) is 5.96 Å². The minimum atomic E-state index is 0. The Morgan fingerprint density at radius 1 is 1.52 bits per heavy atom. The van der Waals surface area contributed by atoms with Crippen LogP contribution >= 0.6 is 24.0 Å². The highest BCUT2D eigenvalue weighted by Gasteiger charge is 2.22. The minimum absolute atomic E-state index is 0. The van der Waals surface area contributed by atoms with Gasteiger partial charge in [0.05, 0.1) is 13.2 Å². The molecule has 118 valence electrons. The summed E-state index contributed by atoms with van der Waals surface area (Å²) in [4.78, 5) is 8.52. The van der Waals surface area contributed by atoms with Gasteiger partial charge in [-0.2, -0.15) is 0 Å². The van der Waals surface area contributed by atoms with E-state index in [0.717, 1.165) is 24.6 Å². The summed E-state index contributed by atoms with van der Waals surface area (Å²) in [6, 6.07) is 3.87. The van der Waals surface area contributed by atoms with Gasteiger partial charge in [-0.15, -0.1) is 24.0 Å². The summed E-state index contributed by atoms with van der Waals surface area (Å²) in [6.45, 7) is 6.41. The number of aromatic nitrogens is 1. The SMILES string of the molecule is CC(C)CNC(N)=NCc1ccnc(OCC2CC2)c1.I. The molecule has 1 aromatic heterocycles. The highest BCUT2D eigenvalue weighted by Crippen LogP contribution is 2.29. The summed E-state index contributed by atoms with van der Waals surface area (Å²) in [7, 11) is 0.